The number of nitrogens with two attached hydrogens (primary N) is 1. The summed E-state index contributed by atoms with van der Waals surface area (Å²) in [4.78, 5) is 29.3. The number of hydrogen-bond donors (Lipinski definition) is 1. The van der Waals surface area contributed by atoms with Crippen LogP contribution in [0.1, 0.15) is 84.2 Å². The molecule has 4 rings (SSSR count). The first-order chi connectivity index (χ1) is 13.0. The number of carbonyl (C=O) groups excluding carboxylic acids is 2. The van der Waals surface area contributed by atoms with E-state index < -0.39 is 11.7 Å². The molecule has 2 amide bonds. The second kappa shape index (κ2) is 7.23. The number of nitrogens with zero attached hydrogens (tertiary/aromatic N) is 2. The van der Waals surface area contributed by atoms with Gasteiger partial charge in [-0.15, -0.1) is 0 Å². The number of carbonyl (C=O) groups is 2. The number of benzene rings is 1. The first-order valence-corrected chi connectivity index (χ1v) is 10.2. The van der Waals surface area contributed by atoms with E-state index in [1.807, 2.05) is 11.8 Å². The van der Waals surface area contributed by atoms with Crippen molar-refractivity contribution in [3.05, 3.63) is 34.6 Å². The highest BCUT2D eigenvalue weighted by molar-refractivity contribution is 6.09. The minimum Gasteiger partial charge on any atom is -0.366 e. The van der Waals surface area contributed by atoms with Crippen molar-refractivity contribution in [1.82, 2.24) is 9.80 Å². The molecule has 1 aromatic carbocycles. The van der Waals surface area contributed by atoms with Gasteiger partial charge in [0, 0.05) is 25.2 Å². The Balaban J connectivity index is 1.51. The SMILES string of the molecule is C[C@@H]1c2cc(F)cc(C(N)=O)c2C(=O)N1C1CCN(C2CCCCC2)CC1. The summed E-state index contributed by atoms with van der Waals surface area (Å²) < 4.78 is 14.0. The quantitative estimate of drug-likeness (QED) is 0.884. The lowest BCUT2D eigenvalue weighted by Crippen LogP contribution is -2.49. The summed E-state index contributed by atoms with van der Waals surface area (Å²) in [6.07, 6.45) is 8.42. The van der Waals surface area contributed by atoms with Gasteiger partial charge >= 0.3 is 0 Å². The first kappa shape index (κ1) is 18.4. The molecule has 2 N–H and O–H groups in total. The molecule has 6 heteroatoms. The first-order valence-electron chi connectivity index (χ1n) is 10.2. The zero-order chi connectivity index (χ0) is 19.1. The zero-order valence-corrected chi connectivity index (χ0v) is 15.9. The molecule has 1 saturated carbocycles. The molecule has 146 valence electrons. The maximum absolute atomic E-state index is 14.0. The number of fused-ring (bicyclic) bond motifs is 1. The van der Waals surface area contributed by atoms with Gasteiger partial charge in [-0.1, -0.05) is 19.3 Å². The van der Waals surface area contributed by atoms with Crippen molar-refractivity contribution in [2.45, 2.75) is 70.0 Å². The molecule has 1 atom stereocenters. The van der Waals surface area contributed by atoms with E-state index >= 15 is 0 Å². The van der Waals surface area contributed by atoms with Gasteiger partial charge in [-0.05, 0) is 50.3 Å². The number of primary amides is 1. The van der Waals surface area contributed by atoms with Crippen LogP contribution in [0.15, 0.2) is 12.1 Å². The Bertz CT molecular complexity index is 752. The summed E-state index contributed by atoms with van der Waals surface area (Å²) >= 11 is 0. The molecule has 2 heterocycles. The molecule has 3 aliphatic rings. The fourth-order valence-electron chi connectivity index (χ4n) is 5.30. The zero-order valence-electron chi connectivity index (χ0n) is 15.9. The van der Waals surface area contributed by atoms with Crippen LogP contribution in [0.5, 0.6) is 0 Å². The Labute approximate surface area is 159 Å². The molecule has 1 aromatic rings. The molecule has 2 fully saturated rings. The van der Waals surface area contributed by atoms with Gasteiger partial charge in [0.15, 0.2) is 0 Å². The highest BCUT2D eigenvalue weighted by Crippen LogP contribution is 2.39. The van der Waals surface area contributed by atoms with Crippen molar-refractivity contribution in [3.63, 3.8) is 0 Å². The third kappa shape index (κ3) is 3.24. The number of piperidine rings is 1. The lowest BCUT2D eigenvalue weighted by Gasteiger charge is -2.42. The van der Waals surface area contributed by atoms with Crippen LogP contribution in [0.2, 0.25) is 0 Å². The average Bonchev–Trinajstić information content (AvgIpc) is 2.92. The second-order valence-corrected chi connectivity index (χ2v) is 8.23. The monoisotopic (exact) mass is 373 g/mol. The molecule has 0 unspecified atom stereocenters. The molecule has 1 saturated heterocycles. The number of rotatable bonds is 3. The molecule has 0 radical (unpaired) electrons. The molecular weight excluding hydrogens is 345 g/mol. The van der Waals surface area contributed by atoms with Crippen LogP contribution in [-0.2, 0) is 0 Å². The lowest BCUT2D eigenvalue weighted by atomic mass is 9.91. The molecule has 5 nitrogen and oxygen atoms in total. The Hall–Kier alpha value is -1.95. The van der Waals surface area contributed by atoms with E-state index in [1.54, 1.807) is 0 Å². The van der Waals surface area contributed by atoms with Gasteiger partial charge in [0.2, 0.25) is 5.91 Å². The molecule has 27 heavy (non-hydrogen) atoms. The van der Waals surface area contributed by atoms with Gasteiger partial charge in [-0.3, -0.25) is 9.59 Å². The van der Waals surface area contributed by atoms with Gasteiger partial charge < -0.3 is 15.5 Å². The summed E-state index contributed by atoms with van der Waals surface area (Å²) in [5.41, 5.74) is 6.29. The highest BCUT2D eigenvalue weighted by Gasteiger charge is 2.42. The van der Waals surface area contributed by atoms with Crippen molar-refractivity contribution in [2.75, 3.05) is 13.1 Å². The Morgan fingerprint density at radius 3 is 2.37 bits per heavy atom. The lowest BCUT2D eigenvalue weighted by molar-refractivity contribution is 0.0427. The van der Waals surface area contributed by atoms with Crippen LogP contribution >= 0.6 is 0 Å². The minimum absolute atomic E-state index is 0.00370. The average molecular weight is 373 g/mol. The van der Waals surface area contributed by atoms with E-state index in [0.717, 1.165) is 32.0 Å². The third-order valence-corrected chi connectivity index (χ3v) is 6.70. The number of amides is 2. The second-order valence-electron chi connectivity index (χ2n) is 8.23. The topological polar surface area (TPSA) is 66.6 Å². The van der Waals surface area contributed by atoms with Crippen LogP contribution < -0.4 is 5.73 Å². The van der Waals surface area contributed by atoms with Crippen LogP contribution in [0, 0.1) is 5.82 Å². The summed E-state index contributed by atoms with van der Waals surface area (Å²) in [6.45, 7) is 3.92. The van der Waals surface area contributed by atoms with Crippen molar-refractivity contribution in [1.29, 1.82) is 0 Å². The van der Waals surface area contributed by atoms with E-state index in [4.69, 9.17) is 5.73 Å². The Morgan fingerprint density at radius 1 is 1.07 bits per heavy atom. The number of hydrogen-bond acceptors (Lipinski definition) is 3. The highest BCUT2D eigenvalue weighted by atomic mass is 19.1. The third-order valence-electron chi connectivity index (χ3n) is 6.70. The predicted molar refractivity (Wildman–Crippen MR) is 101 cm³/mol. The minimum atomic E-state index is -0.750. The normalized spacial score (nSPS) is 25.0. The summed E-state index contributed by atoms with van der Waals surface area (Å²) in [5.74, 6) is -1.45. The van der Waals surface area contributed by atoms with Gasteiger partial charge in [-0.25, -0.2) is 4.39 Å². The maximum Gasteiger partial charge on any atom is 0.255 e. The molecule has 1 aliphatic carbocycles. The van der Waals surface area contributed by atoms with Gasteiger partial charge in [-0.2, -0.15) is 0 Å². The van der Waals surface area contributed by atoms with Crippen molar-refractivity contribution in [2.24, 2.45) is 5.73 Å². The van der Waals surface area contributed by atoms with E-state index in [0.29, 0.717) is 17.2 Å². The fraction of sp³-hybridized carbons (Fsp3) is 0.619. The van der Waals surface area contributed by atoms with Crippen LogP contribution in [-0.4, -0.2) is 46.8 Å². The Kier molecular flexibility index (Phi) is 4.93. The molecule has 0 aromatic heterocycles. The van der Waals surface area contributed by atoms with E-state index in [9.17, 15) is 14.0 Å². The molecular formula is C21H28FN3O2. The summed E-state index contributed by atoms with van der Waals surface area (Å²) in [5, 5.41) is 0. The molecule has 0 bridgehead atoms. The molecule has 2 aliphatic heterocycles. The van der Waals surface area contributed by atoms with Gasteiger partial charge in [0.1, 0.15) is 5.82 Å². The van der Waals surface area contributed by atoms with Crippen molar-refractivity contribution < 1.29 is 14.0 Å². The van der Waals surface area contributed by atoms with Crippen molar-refractivity contribution in [3.8, 4) is 0 Å². The smallest absolute Gasteiger partial charge is 0.255 e. The van der Waals surface area contributed by atoms with Gasteiger partial charge in [0.05, 0.1) is 17.2 Å². The summed E-state index contributed by atoms with van der Waals surface area (Å²) in [6, 6.07) is 3.05. The van der Waals surface area contributed by atoms with Crippen LogP contribution in [0.4, 0.5) is 4.39 Å². The van der Waals surface area contributed by atoms with E-state index in [-0.39, 0.29) is 23.6 Å². The predicted octanol–water partition coefficient (Wildman–Crippen LogP) is 3.24. The van der Waals surface area contributed by atoms with Gasteiger partial charge in [0.25, 0.3) is 5.91 Å². The Morgan fingerprint density at radius 2 is 1.74 bits per heavy atom. The molecule has 0 spiro atoms. The number of halogens is 1. The maximum atomic E-state index is 14.0. The number of likely N-dealkylation sites (tertiary alicyclic amines) is 1. The van der Waals surface area contributed by atoms with Crippen LogP contribution in [0.25, 0.3) is 0 Å². The summed E-state index contributed by atoms with van der Waals surface area (Å²) in [7, 11) is 0. The van der Waals surface area contributed by atoms with Crippen LogP contribution in [0.3, 0.4) is 0 Å². The van der Waals surface area contributed by atoms with E-state index in [2.05, 4.69) is 4.90 Å². The van der Waals surface area contributed by atoms with E-state index in [1.165, 1.54) is 38.2 Å². The van der Waals surface area contributed by atoms with Crippen molar-refractivity contribution >= 4 is 11.8 Å². The standard InChI is InChI=1S/C21H28FN3O2/c1-13-17-11-14(22)12-18(20(23)26)19(17)21(27)25(13)16-7-9-24(10-8-16)15-5-3-2-4-6-15/h11-13,15-16H,2-10H2,1H3,(H2,23,26)/t13-/m1/s1. The largest absolute Gasteiger partial charge is 0.366 e. The fourth-order valence-corrected chi connectivity index (χ4v) is 5.30.